The first kappa shape index (κ1) is 16.7. The molecule has 1 heterocycles. The molecule has 1 aliphatic heterocycles. The van der Waals surface area contributed by atoms with E-state index in [9.17, 15) is 4.79 Å². The van der Waals surface area contributed by atoms with Crippen LogP contribution in [0.5, 0.6) is 5.75 Å². The maximum absolute atomic E-state index is 12.1. The SMILES string of the molecule is CCC(CC)C(=O)NCC1CCN(c2ccccc2OC)C1. The summed E-state index contributed by atoms with van der Waals surface area (Å²) < 4.78 is 5.44. The van der Waals surface area contributed by atoms with Crippen LogP contribution >= 0.6 is 0 Å². The number of anilines is 1. The maximum atomic E-state index is 12.1. The first-order valence-corrected chi connectivity index (χ1v) is 8.35. The Morgan fingerprint density at radius 1 is 1.36 bits per heavy atom. The quantitative estimate of drug-likeness (QED) is 0.841. The van der Waals surface area contributed by atoms with Crippen molar-refractivity contribution in [1.29, 1.82) is 0 Å². The number of hydrogen-bond donors (Lipinski definition) is 1. The van der Waals surface area contributed by atoms with Gasteiger partial charge in [0.2, 0.25) is 5.91 Å². The number of nitrogens with zero attached hydrogens (tertiary/aromatic N) is 1. The van der Waals surface area contributed by atoms with Gasteiger partial charge in [0.25, 0.3) is 0 Å². The summed E-state index contributed by atoms with van der Waals surface area (Å²) in [6.45, 7) is 6.93. The summed E-state index contributed by atoms with van der Waals surface area (Å²) in [4.78, 5) is 14.4. The average molecular weight is 304 g/mol. The van der Waals surface area contributed by atoms with Crippen molar-refractivity contribution >= 4 is 11.6 Å². The van der Waals surface area contributed by atoms with E-state index in [4.69, 9.17) is 4.74 Å². The zero-order chi connectivity index (χ0) is 15.9. The Balaban J connectivity index is 1.87. The zero-order valence-corrected chi connectivity index (χ0v) is 14.0. The lowest BCUT2D eigenvalue weighted by Gasteiger charge is -2.21. The Morgan fingerprint density at radius 2 is 2.09 bits per heavy atom. The van der Waals surface area contributed by atoms with Crippen molar-refractivity contribution in [2.24, 2.45) is 11.8 Å². The molecule has 1 aromatic rings. The highest BCUT2D eigenvalue weighted by Crippen LogP contribution is 2.31. The summed E-state index contributed by atoms with van der Waals surface area (Å²) in [5, 5.41) is 3.13. The largest absolute Gasteiger partial charge is 0.495 e. The minimum absolute atomic E-state index is 0.159. The molecule has 0 radical (unpaired) electrons. The zero-order valence-electron chi connectivity index (χ0n) is 14.0. The van der Waals surface area contributed by atoms with E-state index < -0.39 is 0 Å². The van der Waals surface area contributed by atoms with Crippen molar-refractivity contribution in [3.8, 4) is 5.75 Å². The van der Waals surface area contributed by atoms with Crippen LogP contribution in [0.2, 0.25) is 0 Å². The van der Waals surface area contributed by atoms with E-state index in [1.165, 1.54) is 0 Å². The number of carbonyl (C=O) groups excluding carboxylic acids is 1. The van der Waals surface area contributed by atoms with Gasteiger partial charge in [-0.25, -0.2) is 0 Å². The molecule has 0 aliphatic carbocycles. The van der Waals surface area contributed by atoms with Crippen LogP contribution in [-0.4, -0.2) is 32.7 Å². The molecule has 0 aromatic heterocycles. The lowest BCUT2D eigenvalue weighted by atomic mass is 10.0. The fraction of sp³-hybridized carbons (Fsp3) is 0.611. The Kier molecular flexibility index (Phi) is 6.10. The third-order valence-electron chi connectivity index (χ3n) is 4.63. The van der Waals surface area contributed by atoms with Gasteiger partial charge in [-0.2, -0.15) is 0 Å². The standard InChI is InChI=1S/C18H28N2O2/c1-4-15(5-2)18(21)19-12-14-10-11-20(13-14)16-8-6-7-9-17(16)22-3/h6-9,14-15H,4-5,10-13H2,1-3H3,(H,19,21). The molecular formula is C18H28N2O2. The van der Waals surface area contributed by atoms with Crippen molar-refractivity contribution in [3.05, 3.63) is 24.3 Å². The first-order valence-electron chi connectivity index (χ1n) is 8.35. The van der Waals surface area contributed by atoms with E-state index in [2.05, 4.69) is 30.1 Å². The van der Waals surface area contributed by atoms with E-state index in [-0.39, 0.29) is 11.8 Å². The molecule has 0 saturated carbocycles. The van der Waals surface area contributed by atoms with Gasteiger partial charge in [0.1, 0.15) is 5.75 Å². The molecule has 1 saturated heterocycles. The lowest BCUT2D eigenvalue weighted by molar-refractivity contribution is -0.125. The van der Waals surface area contributed by atoms with Gasteiger partial charge in [-0.3, -0.25) is 4.79 Å². The second-order valence-corrected chi connectivity index (χ2v) is 6.03. The normalized spacial score (nSPS) is 17.8. The number of methoxy groups -OCH3 is 1. The summed E-state index contributed by atoms with van der Waals surface area (Å²) in [6, 6.07) is 8.13. The molecular weight excluding hydrogens is 276 g/mol. The number of carbonyl (C=O) groups is 1. The van der Waals surface area contributed by atoms with Gasteiger partial charge in [-0.15, -0.1) is 0 Å². The predicted octanol–water partition coefficient (Wildman–Crippen LogP) is 3.07. The molecule has 0 spiro atoms. The Labute approximate surface area is 133 Å². The molecule has 122 valence electrons. The molecule has 1 N–H and O–H groups in total. The average Bonchev–Trinajstić information content (AvgIpc) is 3.02. The van der Waals surface area contributed by atoms with E-state index in [0.29, 0.717) is 5.92 Å². The van der Waals surface area contributed by atoms with Crippen LogP contribution in [0.25, 0.3) is 0 Å². The highest BCUT2D eigenvalue weighted by molar-refractivity contribution is 5.78. The highest BCUT2D eigenvalue weighted by Gasteiger charge is 2.25. The van der Waals surface area contributed by atoms with Crippen LogP contribution in [0.4, 0.5) is 5.69 Å². The van der Waals surface area contributed by atoms with Gasteiger partial charge in [0.15, 0.2) is 0 Å². The monoisotopic (exact) mass is 304 g/mol. The first-order chi connectivity index (χ1) is 10.7. The van der Waals surface area contributed by atoms with E-state index >= 15 is 0 Å². The van der Waals surface area contributed by atoms with E-state index in [1.54, 1.807) is 7.11 Å². The lowest BCUT2D eigenvalue weighted by Crippen LogP contribution is -2.35. The molecule has 1 aromatic carbocycles. The van der Waals surface area contributed by atoms with Gasteiger partial charge >= 0.3 is 0 Å². The second-order valence-electron chi connectivity index (χ2n) is 6.03. The van der Waals surface area contributed by atoms with Crippen LogP contribution in [-0.2, 0) is 4.79 Å². The van der Waals surface area contributed by atoms with Crippen LogP contribution in [0.3, 0.4) is 0 Å². The number of nitrogens with one attached hydrogen (secondary N) is 1. The summed E-state index contributed by atoms with van der Waals surface area (Å²) in [5.74, 6) is 1.81. The smallest absolute Gasteiger partial charge is 0.223 e. The van der Waals surface area contributed by atoms with Crippen LogP contribution in [0.1, 0.15) is 33.1 Å². The Morgan fingerprint density at radius 3 is 2.77 bits per heavy atom. The van der Waals surface area contributed by atoms with Crippen molar-refractivity contribution in [3.63, 3.8) is 0 Å². The van der Waals surface area contributed by atoms with Crippen molar-refractivity contribution < 1.29 is 9.53 Å². The fourth-order valence-electron chi connectivity index (χ4n) is 3.16. The van der Waals surface area contributed by atoms with Gasteiger partial charge in [0.05, 0.1) is 12.8 Å². The summed E-state index contributed by atoms with van der Waals surface area (Å²) in [5.41, 5.74) is 1.15. The van der Waals surface area contributed by atoms with E-state index in [0.717, 1.165) is 50.3 Å². The van der Waals surface area contributed by atoms with Crippen molar-refractivity contribution in [1.82, 2.24) is 5.32 Å². The van der Waals surface area contributed by atoms with Crippen LogP contribution < -0.4 is 15.0 Å². The topological polar surface area (TPSA) is 41.6 Å². The van der Waals surface area contributed by atoms with Gasteiger partial charge in [-0.1, -0.05) is 26.0 Å². The Hall–Kier alpha value is -1.71. The van der Waals surface area contributed by atoms with Crippen LogP contribution in [0, 0.1) is 11.8 Å². The number of rotatable bonds is 7. The molecule has 1 unspecified atom stereocenters. The molecule has 0 bridgehead atoms. The number of benzene rings is 1. The predicted molar refractivity (Wildman–Crippen MR) is 90.4 cm³/mol. The third-order valence-corrected chi connectivity index (χ3v) is 4.63. The van der Waals surface area contributed by atoms with Crippen molar-refractivity contribution in [2.45, 2.75) is 33.1 Å². The minimum atomic E-state index is 0.159. The summed E-state index contributed by atoms with van der Waals surface area (Å²) >= 11 is 0. The molecule has 1 amide bonds. The molecule has 22 heavy (non-hydrogen) atoms. The molecule has 1 aliphatic rings. The molecule has 4 nitrogen and oxygen atoms in total. The van der Waals surface area contributed by atoms with Crippen molar-refractivity contribution in [2.75, 3.05) is 31.6 Å². The molecule has 2 rings (SSSR count). The number of para-hydroxylation sites is 2. The fourth-order valence-corrected chi connectivity index (χ4v) is 3.16. The second kappa shape index (κ2) is 8.06. The summed E-state index contributed by atoms with van der Waals surface area (Å²) in [7, 11) is 1.71. The number of ether oxygens (including phenoxy) is 1. The molecule has 1 atom stereocenters. The van der Waals surface area contributed by atoms with Gasteiger partial charge < -0.3 is 15.0 Å². The summed E-state index contributed by atoms with van der Waals surface area (Å²) in [6.07, 6.45) is 2.95. The third kappa shape index (κ3) is 3.93. The van der Waals surface area contributed by atoms with Gasteiger partial charge in [0, 0.05) is 25.6 Å². The highest BCUT2D eigenvalue weighted by atomic mass is 16.5. The Bertz CT molecular complexity index is 486. The minimum Gasteiger partial charge on any atom is -0.495 e. The van der Waals surface area contributed by atoms with Gasteiger partial charge in [-0.05, 0) is 37.3 Å². The number of amides is 1. The maximum Gasteiger partial charge on any atom is 0.223 e. The van der Waals surface area contributed by atoms with Crippen LogP contribution in [0.15, 0.2) is 24.3 Å². The molecule has 4 heteroatoms. The number of hydrogen-bond acceptors (Lipinski definition) is 3. The molecule has 1 fully saturated rings. The van der Waals surface area contributed by atoms with E-state index in [1.807, 2.05) is 18.2 Å².